The van der Waals surface area contributed by atoms with E-state index in [9.17, 15) is 4.79 Å². The summed E-state index contributed by atoms with van der Waals surface area (Å²) in [4.78, 5) is 15.0. The molecule has 4 N–H and O–H groups in total. The van der Waals surface area contributed by atoms with Gasteiger partial charge in [0.05, 0.1) is 0 Å². The number of nitrogens with two attached hydrogens (primary N) is 1. The quantitative estimate of drug-likeness (QED) is 0.397. The van der Waals surface area contributed by atoms with Crippen molar-refractivity contribution in [3.63, 3.8) is 0 Å². The number of amides is 1. The van der Waals surface area contributed by atoms with Crippen LogP contribution in [0.2, 0.25) is 0 Å². The van der Waals surface area contributed by atoms with E-state index in [1.807, 2.05) is 59.3 Å². The van der Waals surface area contributed by atoms with E-state index in [1.54, 1.807) is 0 Å². The number of hydrogen-bond acceptors (Lipinski definition) is 6. The second kappa shape index (κ2) is 9.39. The molecule has 0 spiro atoms. The maximum Gasteiger partial charge on any atom is 0.254 e. The van der Waals surface area contributed by atoms with Crippen LogP contribution >= 0.6 is 0 Å². The summed E-state index contributed by atoms with van der Waals surface area (Å²) < 4.78 is 7.76. The number of nitrogens with zero attached hydrogens (tertiary/aromatic N) is 3. The molecular formula is C28H28N6O2. The molecule has 1 saturated heterocycles. The van der Waals surface area contributed by atoms with Crippen LogP contribution in [0.5, 0.6) is 11.5 Å². The number of hydrogen-bond donors (Lipinski definition) is 3. The first-order valence-electron chi connectivity index (χ1n) is 12.3. The number of piperazine rings is 1. The normalized spacial score (nSPS) is 14.8. The molecule has 0 saturated carbocycles. The van der Waals surface area contributed by atoms with Crippen molar-refractivity contribution in [3.05, 3.63) is 83.9 Å². The number of nitrogens with one attached hydrogen (secondary N) is 2. The highest BCUT2D eigenvalue weighted by atomic mass is 16.5. The van der Waals surface area contributed by atoms with Gasteiger partial charge in [-0.05, 0) is 66.6 Å². The minimum absolute atomic E-state index is 0.394. The number of rotatable bonds is 5. The topological polar surface area (TPSA) is 97.4 Å². The van der Waals surface area contributed by atoms with Gasteiger partial charge in [0.2, 0.25) is 0 Å². The molecule has 3 heterocycles. The molecule has 36 heavy (non-hydrogen) atoms. The number of para-hydroxylation sites is 1. The van der Waals surface area contributed by atoms with E-state index in [4.69, 9.17) is 15.6 Å². The van der Waals surface area contributed by atoms with Gasteiger partial charge in [-0.1, -0.05) is 18.2 Å². The summed E-state index contributed by atoms with van der Waals surface area (Å²) in [5, 5.41) is 11.7. The summed E-state index contributed by atoms with van der Waals surface area (Å²) in [5.41, 5.74) is 11.1. The van der Waals surface area contributed by atoms with Gasteiger partial charge in [0.15, 0.2) is 0 Å². The largest absolute Gasteiger partial charge is 0.457 e. The molecule has 8 heteroatoms. The van der Waals surface area contributed by atoms with Crippen molar-refractivity contribution < 1.29 is 9.53 Å². The summed E-state index contributed by atoms with van der Waals surface area (Å²) in [6.07, 6.45) is 0.804. The van der Waals surface area contributed by atoms with Crippen LogP contribution in [0.4, 0.5) is 17.2 Å². The van der Waals surface area contributed by atoms with E-state index in [-0.39, 0.29) is 0 Å². The van der Waals surface area contributed by atoms with Gasteiger partial charge in [0.25, 0.3) is 5.91 Å². The fourth-order valence-electron chi connectivity index (χ4n) is 4.87. The highest BCUT2D eigenvalue weighted by Crippen LogP contribution is 2.36. The van der Waals surface area contributed by atoms with Crippen molar-refractivity contribution in [1.82, 2.24) is 15.1 Å². The molecule has 3 aromatic carbocycles. The minimum Gasteiger partial charge on any atom is -0.457 e. The molecule has 4 aromatic rings. The van der Waals surface area contributed by atoms with Gasteiger partial charge < -0.3 is 26.0 Å². The van der Waals surface area contributed by atoms with Crippen LogP contribution in [0, 0.1) is 0 Å². The van der Waals surface area contributed by atoms with Gasteiger partial charge in [-0.15, -0.1) is 0 Å². The molecule has 8 nitrogen and oxygen atoms in total. The average molecular weight is 481 g/mol. The van der Waals surface area contributed by atoms with Crippen LogP contribution < -0.4 is 26.0 Å². The highest BCUT2D eigenvalue weighted by Gasteiger charge is 2.26. The monoisotopic (exact) mass is 480 g/mol. The van der Waals surface area contributed by atoms with Gasteiger partial charge in [-0.2, -0.15) is 5.10 Å². The SMILES string of the molecule is NC(=O)c1c(-c2ccc(Oc3ccccc3)cc2)nn2c1Nc1ccc(N3CCNCC3)cc1CC2. The maximum atomic E-state index is 12.6. The van der Waals surface area contributed by atoms with E-state index < -0.39 is 5.91 Å². The van der Waals surface area contributed by atoms with E-state index in [2.05, 4.69) is 33.7 Å². The number of primary amides is 1. The fourth-order valence-corrected chi connectivity index (χ4v) is 4.87. The molecular weight excluding hydrogens is 452 g/mol. The Bertz CT molecular complexity index is 1390. The average Bonchev–Trinajstić information content (AvgIpc) is 3.18. The summed E-state index contributed by atoms with van der Waals surface area (Å²) in [5.74, 6) is 1.60. The highest BCUT2D eigenvalue weighted by molar-refractivity contribution is 6.04. The van der Waals surface area contributed by atoms with Crippen LogP contribution in [0.25, 0.3) is 11.3 Å². The summed E-state index contributed by atoms with van der Waals surface area (Å²) in [6, 6.07) is 23.6. The number of anilines is 3. The van der Waals surface area contributed by atoms with E-state index in [1.165, 1.54) is 11.3 Å². The maximum absolute atomic E-state index is 12.6. The third-order valence-electron chi connectivity index (χ3n) is 6.72. The predicted octanol–water partition coefficient (Wildman–Crippen LogP) is 4.15. The van der Waals surface area contributed by atoms with E-state index in [0.717, 1.165) is 49.6 Å². The first-order valence-corrected chi connectivity index (χ1v) is 12.3. The number of ether oxygens (including phenoxy) is 1. The van der Waals surface area contributed by atoms with Crippen molar-refractivity contribution >= 4 is 23.1 Å². The Labute approximate surface area is 209 Å². The van der Waals surface area contributed by atoms with Crippen LogP contribution in [0.1, 0.15) is 15.9 Å². The molecule has 2 aliphatic heterocycles. The van der Waals surface area contributed by atoms with Crippen LogP contribution in [0.15, 0.2) is 72.8 Å². The molecule has 182 valence electrons. The van der Waals surface area contributed by atoms with Crippen molar-refractivity contribution in [2.75, 3.05) is 36.4 Å². The van der Waals surface area contributed by atoms with E-state index >= 15 is 0 Å². The molecule has 0 aliphatic carbocycles. The molecule has 1 amide bonds. The first kappa shape index (κ1) is 22.2. The van der Waals surface area contributed by atoms with Crippen LogP contribution in [-0.4, -0.2) is 41.9 Å². The van der Waals surface area contributed by atoms with E-state index in [0.29, 0.717) is 29.4 Å². The van der Waals surface area contributed by atoms with Crippen molar-refractivity contribution in [2.45, 2.75) is 13.0 Å². The number of benzene rings is 3. The zero-order valence-electron chi connectivity index (χ0n) is 19.9. The van der Waals surface area contributed by atoms with Gasteiger partial charge in [0, 0.05) is 49.7 Å². The lowest BCUT2D eigenvalue weighted by molar-refractivity contribution is 0.100. The lowest BCUT2D eigenvalue weighted by Gasteiger charge is -2.30. The number of aryl methyl sites for hydroxylation is 2. The standard InChI is InChI=1S/C28H28N6O2/c29-27(35)25-26(19-6-9-23(10-7-19)36-22-4-2-1-3-5-22)32-34-15-12-20-18-21(33-16-13-30-14-17-33)8-11-24(20)31-28(25)34/h1-11,18,30-31H,12-17H2,(H2,29,35). The Kier molecular flexibility index (Phi) is 5.79. The molecule has 1 fully saturated rings. The number of aromatic nitrogens is 2. The Morgan fingerprint density at radius 1 is 0.917 bits per heavy atom. The van der Waals surface area contributed by atoms with Gasteiger partial charge in [-0.25, -0.2) is 4.68 Å². The lowest BCUT2D eigenvalue weighted by atomic mass is 10.1. The Morgan fingerprint density at radius 2 is 1.67 bits per heavy atom. The molecule has 0 atom stereocenters. The molecule has 1 aromatic heterocycles. The predicted molar refractivity (Wildman–Crippen MR) is 141 cm³/mol. The van der Waals surface area contributed by atoms with Gasteiger partial charge >= 0.3 is 0 Å². The lowest BCUT2D eigenvalue weighted by Crippen LogP contribution is -2.43. The molecule has 0 radical (unpaired) electrons. The zero-order chi connectivity index (χ0) is 24.5. The Hall–Kier alpha value is -4.30. The summed E-state index contributed by atoms with van der Waals surface area (Å²) in [7, 11) is 0. The number of carbonyl (C=O) groups excluding carboxylic acids is 1. The van der Waals surface area contributed by atoms with Gasteiger partial charge in [-0.3, -0.25) is 4.79 Å². The van der Waals surface area contributed by atoms with Crippen LogP contribution in [-0.2, 0) is 13.0 Å². The molecule has 0 unspecified atom stereocenters. The Balaban J connectivity index is 1.29. The second-order valence-electron chi connectivity index (χ2n) is 9.05. The molecule has 6 rings (SSSR count). The zero-order valence-corrected chi connectivity index (χ0v) is 19.9. The molecule has 0 bridgehead atoms. The Morgan fingerprint density at radius 3 is 2.42 bits per heavy atom. The fraction of sp³-hybridized carbons (Fsp3) is 0.214. The smallest absolute Gasteiger partial charge is 0.254 e. The van der Waals surface area contributed by atoms with Crippen LogP contribution in [0.3, 0.4) is 0 Å². The first-order chi connectivity index (χ1) is 17.7. The second-order valence-corrected chi connectivity index (χ2v) is 9.05. The third kappa shape index (κ3) is 4.27. The third-order valence-corrected chi connectivity index (χ3v) is 6.72. The van der Waals surface area contributed by atoms with Crippen molar-refractivity contribution in [2.24, 2.45) is 5.73 Å². The number of carbonyl (C=O) groups is 1. The molecule has 2 aliphatic rings. The summed E-state index contributed by atoms with van der Waals surface area (Å²) >= 11 is 0. The number of fused-ring (bicyclic) bond motifs is 2. The van der Waals surface area contributed by atoms with Gasteiger partial charge in [0.1, 0.15) is 28.6 Å². The van der Waals surface area contributed by atoms with Crippen molar-refractivity contribution in [3.8, 4) is 22.8 Å². The summed E-state index contributed by atoms with van der Waals surface area (Å²) in [6.45, 7) is 4.63. The minimum atomic E-state index is -0.510. The van der Waals surface area contributed by atoms with Crippen molar-refractivity contribution in [1.29, 1.82) is 0 Å².